The topological polar surface area (TPSA) is 80.1 Å². The molecule has 0 atom stereocenters. The summed E-state index contributed by atoms with van der Waals surface area (Å²) in [5.74, 6) is -0.128. The Morgan fingerprint density at radius 1 is 1.07 bits per heavy atom. The molecule has 28 heavy (non-hydrogen) atoms. The summed E-state index contributed by atoms with van der Waals surface area (Å²) in [5, 5.41) is 11.5. The van der Waals surface area contributed by atoms with E-state index in [0.717, 1.165) is 29.9 Å². The van der Waals surface area contributed by atoms with Crippen LogP contribution in [0.3, 0.4) is 0 Å². The van der Waals surface area contributed by atoms with Crippen LogP contribution in [-0.4, -0.2) is 33.4 Å². The first kappa shape index (κ1) is 17.9. The quantitative estimate of drug-likeness (QED) is 0.743. The van der Waals surface area contributed by atoms with E-state index < -0.39 is 0 Å². The molecule has 1 aromatic heterocycles. The Labute approximate surface area is 163 Å². The lowest BCUT2D eigenvalue weighted by Crippen LogP contribution is -2.25. The molecule has 7 nitrogen and oxygen atoms in total. The van der Waals surface area contributed by atoms with Gasteiger partial charge in [-0.1, -0.05) is 30.3 Å². The molecule has 1 aliphatic rings. The van der Waals surface area contributed by atoms with Crippen LogP contribution in [0.25, 0.3) is 5.69 Å². The van der Waals surface area contributed by atoms with Crippen molar-refractivity contribution in [1.82, 2.24) is 20.3 Å². The van der Waals surface area contributed by atoms with Crippen molar-refractivity contribution in [1.29, 1.82) is 0 Å². The third-order valence-corrected chi connectivity index (χ3v) is 4.73. The monoisotopic (exact) mass is 375 g/mol. The van der Waals surface area contributed by atoms with Crippen LogP contribution in [0.4, 0.5) is 5.69 Å². The average Bonchev–Trinajstić information content (AvgIpc) is 3.33. The highest BCUT2D eigenvalue weighted by Gasteiger charge is 2.22. The highest BCUT2D eigenvalue weighted by Crippen LogP contribution is 2.22. The van der Waals surface area contributed by atoms with E-state index in [1.807, 2.05) is 54.6 Å². The van der Waals surface area contributed by atoms with Crippen LogP contribution in [0.5, 0.6) is 0 Å². The van der Waals surface area contributed by atoms with E-state index in [1.54, 1.807) is 11.8 Å². The summed E-state index contributed by atoms with van der Waals surface area (Å²) >= 11 is 0. The summed E-state index contributed by atoms with van der Waals surface area (Å²) in [6.45, 7) is 2.86. The van der Waals surface area contributed by atoms with Gasteiger partial charge in [-0.25, -0.2) is 0 Å². The second-order valence-corrected chi connectivity index (χ2v) is 6.76. The number of benzene rings is 2. The van der Waals surface area contributed by atoms with Crippen molar-refractivity contribution < 1.29 is 9.59 Å². The standard InChI is InChI=1S/C21H21N5O2/c1-15-20(24-26(23-15)17-8-3-2-4-9-17)21(28)22-14-16-7-5-10-18(13-16)25-12-6-11-19(25)27/h2-5,7-10,13H,6,11-12,14H2,1H3,(H,22,28). The molecule has 0 aliphatic carbocycles. The molecule has 3 aromatic rings. The number of carbonyl (C=O) groups excluding carboxylic acids is 2. The third kappa shape index (κ3) is 3.64. The first-order valence-electron chi connectivity index (χ1n) is 9.29. The second-order valence-electron chi connectivity index (χ2n) is 6.76. The molecule has 142 valence electrons. The predicted octanol–water partition coefficient (Wildman–Crippen LogP) is 2.63. The zero-order valence-electron chi connectivity index (χ0n) is 15.6. The van der Waals surface area contributed by atoms with Crippen LogP contribution in [0.2, 0.25) is 0 Å². The Morgan fingerprint density at radius 2 is 1.86 bits per heavy atom. The van der Waals surface area contributed by atoms with Crippen LogP contribution in [0.15, 0.2) is 54.6 Å². The van der Waals surface area contributed by atoms with E-state index in [0.29, 0.717) is 24.4 Å². The van der Waals surface area contributed by atoms with Crippen LogP contribution < -0.4 is 10.2 Å². The fourth-order valence-electron chi connectivity index (χ4n) is 3.29. The number of carbonyl (C=O) groups is 2. The van der Waals surface area contributed by atoms with E-state index in [2.05, 4.69) is 15.5 Å². The van der Waals surface area contributed by atoms with Gasteiger partial charge in [-0.15, -0.1) is 5.10 Å². The molecule has 0 unspecified atom stereocenters. The first-order valence-corrected chi connectivity index (χ1v) is 9.29. The minimum atomic E-state index is -0.276. The van der Waals surface area contributed by atoms with Gasteiger partial charge in [-0.2, -0.15) is 9.90 Å². The number of aryl methyl sites for hydroxylation is 1. The molecule has 1 fully saturated rings. The number of nitrogens with zero attached hydrogens (tertiary/aromatic N) is 4. The fraction of sp³-hybridized carbons (Fsp3) is 0.238. The van der Waals surface area contributed by atoms with Gasteiger partial charge < -0.3 is 10.2 Å². The van der Waals surface area contributed by atoms with Gasteiger partial charge in [-0.05, 0) is 43.2 Å². The summed E-state index contributed by atoms with van der Waals surface area (Å²) in [4.78, 5) is 27.8. The molecule has 1 saturated heterocycles. The lowest BCUT2D eigenvalue weighted by atomic mass is 10.2. The number of anilines is 1. The highest BCUT2D eigenvalue weighted by atomic mass is 16.2. The maximum absolute atomic E-state index is 12.6. The van der Waals surface area contributed by atoms with Gasteiger partial charge in [0.15, 0.2) is 5.69 Å². The minimum absolute atomic E-state index is 0.148. The molecule has 0 spiro atoms. The molecule has 1 aliphatic heterocycles. The Bertz CT molecular complexity index is 1010. The van der Waals surface area contributed by atoms with E-state index >= 15 is 0 Å². The van der Waals surface area contributed by atoms with Crippen molar-refractivity contribution in [2.24, 2.45) is 0 Å². The van der Waals surface area contributed by atoms with Crippen LogP contribution >= 0.6 is 0 Å². The lowest BCUT2D eigenvalue weighted by molar-refractivity contribution is -0.117. The molecule has 2 heterocycles. The number of rotatable bonds is 5. The number of aromatic nitrogens is 3. The van der Waals surface area contributed by atoms with Gasteiger partial charge in [0, 0.05) is 25.2 Å². The van der Waals surface area contributed by atoms with Gasteiger partial charge in [0.05, 0.1) is 11.4 Å². The molecule has 0 saturated carbocycles. The Hall–Kier alpha value is -3.48. The summed E-state index contributed by atoms with van der Waals surface area (Å²) in [7, 11) is 0. The van der Waals surface area contributed by atoms with E-state index in [1.165, 1.54) is 4.80 Å². The van der Waals surface area contributed by atoms with Crippen LogP contribution in [-0.2, 0) is 11.3 Å². The van der Waals surface area contributed by atoms with Gasteiger partial charge in [0.2, 0.25) is 5.91 Å². The van der Waals surface area contributed by atoms with E-state index in [9.17, 15) is 9.59 Å². The Balaban J connectivity index is 1.45. The van der Waals surface area contributed by atoms with Gasteiger partial charge in [-0.3, -0.25) is 9.59 Å². The lowest BCUT2D eigenvalue weighted by Gasteiger charge is -2.16. The van der Waals surface area contributed by atoms with Gasteiger partial charge in [0.1, 0.15) is 0 Å². The smallest absolute Gasteiger partial charge is 0.274 e. The molecule has 1 N–H and O–H groups in total. The minimum Gasteiger partial charge on any atom is -0.347 e. The maximum Gasteiger partial charge on any atom is 0.274 e. The second kappa shape index (κ2) is 7.64. The summed E-state index contributed by atoms with van der Waals surface area (Å²) < 4.78 is 0. The first-order chi connectivity index (χ1) is 13.6. The summed E-state index contributed by atoms with van der Waals surface area (Å²) in [6.07, 6.45) is 1.48. The molecular formula is C21H21N5O2. The third-order valence-electron chi connectivity index (χ3n) is 4.73. The zero-order valence-corrected chi connectivity index (χ0v) is 15.6. The predicted molar refractivity (Wildman–Crippen MR) is 105 cm³/mol. The van der Waals surface area contributed by atoms with Gasteiger partial charge >= 0.3 is 0 Å². The SMILES string of the molecule is Cc1nn(-c2ccccc2)nc1C(=O)NCc1cccc(N2CCCC2=O)c1. The van der Waals surface area contributed by atoms with Crippen molar-refractivity contribution >= 4 is 17.5 Å². The molecule has 2 amide bonds. The van der Waals surface area contributed by atoms with E-state index in [4.69, 9.17) is 0 Å². The highest BCUT2D eigenvalue weighted by molar-refractivity contribution is 5.95. The summed E-state index contributed by atoms with van der Waals surface area (Å²) in [5.41, 5.74) is 3.47. The van der Waals surface area contributed by atoms with Crippen molar-refractivity contribution in [2.75, 3.05) is 11.4 Å². The Kier molecular flexibility index (Phi) is 4.89. The fourth-order valence-corrected chi connectivity index (χ4v) is 3.29. The maximum atomic E-state index is 12.6. The molecular weight excluding hydrogens is 354 g/mol. The van der Waals surface area contributed by atoms with Crippen LogP contribution in [0.1, 0.15) is 34.6 Å². The zero-order chi connectivity index (χ0) is 19.5. The largest absolute Gasteiger partial charge is 0.347 e. The van der Waals surface area contributed by atoms with Crippen molar-refractivity contribution in [3.8, 4) is 5.69 Å². The van der Waals surface area contributed by atoms with Crippen molar-refractivity contribution in [3.05, 3.63) is 71.5 Å². The molecule has 2 aromatic carbocycles. The molecule has 0 bridgehead atoms. The normalized spacial score (nSPS) is 13.8. The van der Waals surface area contributed by atoms with Crippen molar-refractivity contribution in [2.45, 2.75) is 26.3 Å². The van der Waals surface area contributed by atoms with Crippen molar-refractivity contribution in [3.63, 3.8) is 0 Å². The molecule has 0 radical (unpaired) electrons. The number of hydrogen-bond donors (Lipinski definition) is 1. The van der Waals surface area contributed by atoms with Gasteiger partial charge in [0.25, 0.3) is 5.91 Å². The molecule has 7 heteroatoms. The molecule has 4 rings (SSSR count). The summed E-state index contributed by atoms with van der Waals surface area (Å²) in [6, 6.07) is 17.2. The van der Waals surface area contributed by atoms with E-state index in [-0.39, 0.29) is 11.8 Å². The number of hydrogen-bond acceptors (Lipinski definition) is 4. The average molecular weight is 375 g/mol. The Morgan fingerprint density at radius 3 is 2.61 bits per heavy atom. The number of para-hydroxylation sites is 1. The number of amides is 2. The number of nitrogens with one attached hydrogen (secondary N) is 1. The van der Waals surface area contributed by atoms with Crippen LogP contribution in [0, 0.1) is 6.92 Å².